The monoisotopic (exact) mass is 591 g/mol. The number of alkyl halides is 1. The van der Waals surface area contributed by atoms with Gasteiger partial charge in [0.2, 0.25) is 5.91 Å². The standard InChI is InChI=1S/C26H31ClIN5O/c1-17-16-31(10-11-32(17)26(34)24-4-3-9-29-24)22-7-5-19-15-30-33(25(19)13-22)18(2)23-8-6-21(27)12-20(23)14-28/h5-8,12-13,15,17-18,24,29H,3-4,9-11,14,16H2,1-2H3/t17-,18-,24-/m1/s1. The molecule has 2 aromatic carbocycles. The number of hydrogen-bond acceptors (Lipinski definition) is 4. The van der Waals surface area contributed by atoms with Crippen molar-refractivity contribution in [1.82, 2.24) is 20.0 Å². The summed E-state index contributed by atoms with van der Waals surface area (Å²) >= 11 is 8.64. The van der Waals surface area contributed by atoms with E-state index in [1.165, 1.54) is 16.8 Å². The summed E-state index contributed by atoms with van der Waals surface area (Å²) in [6.07, 6.45) is 3.99. The normalized spacial score (nSPS) is 21.9. The zero-order chi connectivity index (χ0) is 23.8. The first-order valence-corrected chi connectivity index (χ1v) is 14.0. The molecule has 1 amide bonds. The molecule has 6 nitrogen and oxygen atoms in total. The molecule has 0 unspecified atom stereocenters. The summed E-state index contributed by atoms with van der Waals surface area (Å²) < 4.78 is 3.02. The topological polar surface area (TPSA) is 53.4 Å². The van der Waals surface area contributed by atoms with Gasteiger partial charge in [0.1, 0.15) is 0 Å². The molecule has 0 spiro atoms. The first-order chi connectivity index (χ1) is 16.5. The second kappa shape index (κ2) is 10.0. The number of hydrogen-bond donors (Lipinski definition) is 1. The van der Waals surface area contributed by atoms with Crippen molar-refractivity contribution in [2.75, 3.05) is 31.1 Å². The van der Waals surface area contributed by atoms with Gasteiger partial charge in [-0.05, 0) is 74.7 Å². The molecule has 5 rings (SSSR count). The van der Waals surface area contributed by atoms with Gasteiger partial charge in [-0.15, -0.1) is 0 Å². The molecule has 3 heterocycles. The first kappa shape index (κ1) is 23.9. The van der Waals surface area contributed by atoms with Crippen LogP contribution in [0, 0.1) is 0 Å². The fraction of sp³-hybridized carbons (Fsp3) is 0.462. The van der Waals surface area contributed by atoms with E-state index < -0.39 is 0 Å². The summed E-state index contributed by atoms with van der Waals surface area (Å²) in [5.41, 5.74) is 4.80. The van der Waals surface area contributed by atoms with E-state index >= 15 is 0 Å². The van der Waals surface area contributed by atoms with Gasteiger partial charge in [0, 0.05) is 46.2 Å². The number of anilines is 1. The second-order valence-electron chi connectivity index (χ2n) is 9.46. The van der Waals surface area contributed by atoms with Crippen molar-refractivity contribution in [3.05, 3.63) is 58.7 Å². The highest BCUT2D eigenvalue weighted by Gasteiger charge is 2.33. The van der Waals surface area contributed by atoms with Crippen LogP contribution in [0.1, 0.15) is 43.9 Å². The number of amides is 1. The Morgan fingerprint density at radius 1 is 1.26 bits per heavy atom. The molecule has 2 saturated heterocycles. The predicted octanol–water partition coefficient (Wildman–Crippen LogP) is 5.02. The molecular weight excluding hydrogens is 561 g/mol. The molecule has 0 bridgehead atoms. The Morgan fingerprint density at radius 3 is 2.85 bits per heavy atom. The van der Waals surface area contributed by atoms with Crippen LogP contribution < -0.4 is 10.2 Å². The lowest BCUT2D eigenvalue weighted by atomic mass is 10.0. The summed E-state index contributed by atoms with van der Waals surface area (Å²) in [6.45, 7) is 7.75. The quantitative estimate of drug-likeness (QED) is 0.334. The minimum absolute atomic E-state index is 0.00138. The van der Waals surface area contributed by atoms with Gasteiger partial charge < -0.3 is 15.1 Å². The molecule has 0 radical (unpaired) electrons. The number of nitrogens with one attached hydrogen (secondary N) is 1. The number of benzene rings is 2. The van der Waals surface area contributed by atoms with Crippen molar-refractivity contribution in [2.24, 2.45) is 0 Å². The number of carbonyl (C=O) groups excluding carboxylic acids is 1. The second-order valence-corrected chi connectivity index (χ2v) is 10.7. The van der Waals surface area contributed by atoms with Gasteiger partial charge in [0.05, 0.1) is 23.8 Å². The molecule has 2 aliphatic rings. The SMILES string of the molecule is C[C@@H]1CN(c2ccc3cnn([C@H](C)c4ccc(Cl)cc4CI)c3c2)CCN1C(=O)[C@H]1CCCN1. The largest absolute Gasteiger partial charge is 0.368 e. The van der Waals surface area contributed by atoms with Gasteiger partial charge in [0.25, 0.3) is 0 Å². The summed E-state index contributed by atoms with van der Waals surface area (Å²) in [7, 11) is 0. The van der Waals surface area contributed by atoms with Gasteiger partial charge in [-0.1, -0.05) is 40.3 Å². The van der Waals surface area contributed by atoms with Crippen molar-refractivity contribution < 1.29 is 4.79 Å². The third-order valence-electron chi connectivity index (χ3n) is 7.28. The zero-order valence-corrected chi connectivity index (χ0v) is 22.6. The van der Waals surface area contributed by atoms with Crippen molar-refractivity contribution in [3.63, 3.8) is 0 Å². The maximum Gasteiger partial charge on any atom is 0.240 e. The van der Waals surface area contributed by atoms with Gasteiger partial charge in [0.15, 0.2) is 0 Å². The lowest BCUT2D eigenvalue weighted by Gasteiger charge is -2.42. The van der Waals surface area contributed by atoms with Crippen LogP contribution in [0.15, 0.2) is 42.6 Å². The van der Waals surface area contributed by atoms with E-state index in [1.807, 2.05) is 12.3 Å². The minimum atomic E-state index is 0.00138. The van der Waals surface area contributed by atoms with E-state index in [2.05, 4.69) is 86.6 Å². The molecule has 3 aromatic rings. The minimum Gasteiger partial charge on any atom is -0.368 e. The zero-order valence-electron chi connectivity index (χ0n) is 19.7. The number of halogens is 2. The number of piperazine rings is 1. The fourth-order valence-electron chi connectivity index (χ4n) is 5.38. The van der Waals surface area contributed by atoms with E-state index in [0.29, 0.717) is 0 Å². The molecule has 0 aliphatic carbocycles. The maximum atomic E-state index is 12.9. The third kappa shape index (κ3) is 4.54. The Bertz CT molecular complexity index is 1190. The number of rotatable bonds is 5. The van der Waals surface area contributed by atoms with Crippen molar-refractivity contribution in [3.8, 4) is 0 Å². The lowest BCUT2D eigenvalue weighted by Crippen LogP contribution is -2.57. The van der Waals surface area contributed by atoms with E-state index in [9.17, 15) is 4.79 Å². The van der Waals surface area contributed by atoms with Crippen molar-refractivity contribution in [2.45, 2.75) is 49.2 Å². The van der Waals surface area contributed by atoms with Crippen LogP contribution in [0.25, 0.3) is 10.9 Å². The molecule has 34 heavy (non-hydrogen) atoms. The van der Waals surface area contributed by atoms with E-state index in [4.69, 9.17) is 16.7 Å². The predicted molar refractivity (Wildman–Crippen MR) is 147 cm³/mol. The highest BCUT2D eigenvalue weighted by atomic mass is 127. The molecule has 180 valence electrons. The van der Waals surface area contributed by atoms with Crippen LogP contribution in [0.4, 0.5) is 5.69 Å². The number of nitrogens with zero attached hydrogens (tertiary/aromatic N) is 4. The molecule has 8 heteroatoms. The van der Waals surface area contributed by atoms with E-state index in [1.54, 1.807) is 0 Å². The Labute approximate surface area is 219 Å². The molecule has 2 fully saturated rings. The molecule has 1 N–H and O–H groups in total. The Morgan fingerprint density at radius 2 is 2.12 bits per heavy atom. The summed E-state index contributed by atoms with van der Waals surface area (Å²) in [5, 5.41) is 10.0. The molecule has 3 atom stereocenters. The molecule has 2 aliphatic heterocycles. The van der Waals surface area contributed by atoms with Crippen molar-refractivity contribution in [1.29, 1.82) is 0 Å². The highest BCUT2D eigenvalue weighted by molar-refractivity contribution is 14.1. The Balaban J connectivity index is 1.38. The average molecular weight is 592 g/mol. The number of aromatic nitrogens is 2. The van der Waals surface area contributed by atoms with Crippen LogP contribution in [-0.2, 0) is 9.22 Å². The molecular formula is C26H31ClIN5O. The first-order valence-electron chi connectivity index (χ1n) is 12.1. The van der Waals surface area contributed by atoms with Gasteiger partial charge in [-0.2, -0.15) is 5.10 Å². The average Bonchev–Trinajstić information content (AvgIpc) is 3.53. The fourth-order valence-corrected chi connectivity index (χ4v) is 6.23. The molecule has 0 saturated carbocycles. The van der Waals surface area contributed by atoms with Gasteiger partial charge >= 0.3 is 0 Å². The van der Waals surface area contributed by atoms with E-state index in [0.717, 1.165) is 59.4 Å². The Hall–Kier alpha value is -1.84. The number of carbonyl (C=O) groups is 1. The molecule has 1 aromatic heterocycles. The summed E-state index contributed by atoms with van der Waals surface area (Å²) in [4.78, 5) is 17.4. The van der Waals surface area contributed by atoms with Crippen LogP contribution in [0.5, 0.6) is 0 Å². The number of fused-ring (bicyclic) bond motifs is 1. The van der Waals surface area contributed by atoms with Crippen LogP contribution in [-0.4, -0.2) is 58.9 Å². The van der Waals surface area contributed by atoms with Gasteiger partial charge in [-0.3, -0.25) is 9.48 Å². The van der Waals surface area contributed by atoms with Crippen LogP contribution in [0.2, 0.25) is 5.02 Å². The summed E-state index contributed by atoms with van der Waals surface area (Å²) in [5.74, 6) is 0.265. The smallest absolute Gasteiger partial charge is 0.240 e. The van der Waals surface area contributed by atoms with Crippen LogP contribution in [0.3, 0.4) is 0 Å². The van der Waals surface area contributed by atoms with E-state index in [-0.39, 0.29) is 24.0 Å². The van der Waals surface area contributed by atoms with Gasteiger partial charge in [-0.25, -0.2) is 0 Å². The highest BCUT2D eigenvalue weighted by Crippen LogP contribution is 2.31. The summed E-state index contributed by atoms with van der Waals surface area (Å²) in [6, 6.07) is 13.0. The third-order valence-corrected chi connectivity index (χ3v) is 8.34. The lowest BCUT2D eigenvalue weighted by molar-refractivity contribution is -0.135. The van der Waals surface area contributed by atoms with Crippen LogP contribution >= 0.6 is 34.2 Å². The Kier molecular flexibility index (Phi) is 7.04. The maximum absolute atomic E-state index is 12.9. The van der Waals surface area contributed by atoms with Crippen molar-refractivity contribution >= 4 is 56.7 Å².